The van der Waals surface area contributed by atoms with Gasteiger partial charge in [0.05, 0.1) is 0 Å². The van der Waals surface area contributed by atoms with Crippen LogP contribution in [0.2, 0.25) is 0 Å². The Balaban J connectivity index is 1.91. The highest BCUT2D eigenvalue weighted by molar-refractivity contribution is 5.27. The molecule has 3 nitrogen and oxygen atoms in total. The predicted octanol–water partition coefficient (Wildman–Crippen LogP) is 2.48. The Kier molecular flexibility index (Phi) is 4.61. The van der Waals surface area contributed by atoms with Gasteiger partial charge in [0.25, 0.3) is 0 Å². The number of nitrogens with zero attached hydrogens (tertiary/aromatic N) is 2. The van der Waals surface area contributed by atoms with Crippen molar-refractivity contribution in [3.8, 4) is 5.75 Å². The Morgan fingerprint density at radius 3 is 2.28 bits per heavy atom. The van der Waals surface area contributed by atoms with Gasteiger partial charge >= 0.3 is 0 Å². The van der Waals surface area contributed by atoms with Crippen molar-refractivity contribution >= 4 is 0 Å². The van der Waals surface area contributed by atoms with Crippen molar-refractivity contribution < 1.29 is 5.11 Å². The van der Waals surface area contributed by atoms with Gasteiger partial charge < -0.3 is 10.0 Å². The summed E-state index contributed by atoms with van der Waals surface area (Å²) in [6, 6.07) is 8.05. The van der Waals surface area contributed by atoms with E-state index in [1.807, 2.05) is 12.1 Å². The Morgan fingerprint density at radius 1 is 1.11 bits per heavy atom. The van der Waals surface area contributed by atoms with E-state index in [-0.39, 0.29) is 0 Å². The molecule has 18 heavy (non-hydrogen) atoms. The van der Waals surface area contributed by atoms with Gasteiger partial charge in [0, 0.05) is 32.2 Å². The molecule has 1 aromatic carbocycles. The maximum absolute atomic E-state index is 9.32. The number of aromatic hydroxyl groups is 1. The van der Waals surface area contributed by atoms with Crippen LogP contribution in [0.3, 0.4) is 0 Å². The van der Waals surface area contributed by atoms with Gasteiger partial charge in [-0.25, -0.2) is 0 Å². The largest absolute Gasteiger partial charge is 0.508 e. The number of hydrogen-bond donors (Lipinski definition) is 1. The second-order valence-electron chi connectivity index (χ2n) is 5.15. The van der Waals surface area contributed by atoms with E-state index in [4.69, 9.17) is 0 Å². The van der Waals surface area contributed by atoms with Crippen LogP contribution in [0.5, 0.6) is 5.75 Å². The molecule has 1 saturated heterocycles. The number of piperazine rings is 1. The fourth-order valence-electron chi connectivity index (χ4n) is 2.65. The predicted molar refractivity (Wildman–Crippen MR) is 74.8 cm³/mol. The van der Waals surface area contributed by atoms with Crippen molar-refractivity contribution in [1.29, 1.82) is 0 Å². The fourth-order valence-corrected chi connectivity index (χ4v) is 2.65. The molecule has 1 unspecified atom stereocenters. The highest BCUT2D eigenvalue weighted by Crippen LogP contribution is 2.23. The van der Waals surface area contributed by atoms with Crippen molar-refractivity contribution in [3.63, 3.8) is 0 Å². The minimum Gasteiger partial charge on any atom is -0.508 e. The van der Waals surface area contributed by atoms with Gasteiger partial charge in [0.2, 0.25) is 0 Å². The first kappa shape index (κ1) is 13.4. The second kappa shape index (κ2) is 6.21. The van der Waals surface area contributed by atoms with Gasteiger partial charge in [-0.15, -0.1) is 0 Å². The molecule has 100 valence electrons. The number of hydrogen-bond acceptors (Lipinski definition) is 3. The van der Waals surface area contributed by atoms with Crippen molar-refractivity contribution in [3.05, 3.63) is 29.8 Å². The first-order valence-corrected chi connectivity index (χ1v) is 6.96. The lowest BCUT2D eigenvalue weighted by atomic mass is 10.1. The molecule has 0 spiro atoms. The monoisotopic (exact) mass is 248 g/mol. The van der Waals surface area contributed by atoms with E-state index >= 15 is 0 Å². The lowest BCUT2D eigenvalue weighted by molar-refractivity contribution is 0.102. The van der Waals surface area contributed by atoms with Crippen LogP contribution in [0.4, 0.5) is 0 Å². The molecule has 0 radical (unpaired) electrons. The summed E-state index contributed by atoms with van der Waals surface area (Å²) in [5, 5.41) is 9.32. The van der Waals surface area contributed by atoms with Crippen molar-refractivity contribution in [2.75, 3.05) is 32.7 Å². The molecule has 0 aliphatic carbocycles. The van der Waals surface area contributed by atoms with E-state index in [0.29, 0.717) is 11.8 Å². The fraction of sp³-hybridized carbons (Fsp3) is 0.600. The van der Waals surface area contributed by atoms with Gasteiger partial charge in [-0.1, -0.05) is 19.1 Å². The summed E-state index contributed by atoms with van der Waals surface area (Å²) in [5.41, 5.74) is 1.29. The third kappa shape index (κ3) is 3.24. The summed E-state index contributed by atoms with van der Waals surface area (Å²) in [4.78, 5) is 5.07. The zero-order valence-electron chi connectivity index (χ0n) is 11.5. The second-order valence-corrected chi connectivity index (χ2v) is 5.15. The minimum atomic E-state index is 0.346. The molecule has 0 amide bonds. The van der Waals surface area contributed by atoms with E-state index < -0.39 is 0 Å². The van der Waals surface area contributed by atoms with Gasteiger partial charge in [0.15, 0.2) is 0 Å². The minimum absolute atomic E-state index is 0.346. The van der Waals surface area contributed by atoms with Crippen LogP contribution in [0.1, 0.15) is 31.9 Å². The average molecular weight is 248 g/mol. The van der Waals surface area contributed by atoms with Crippen LogP contribution in [0.25, 0.3) is 0 Å². The summed E-state index contributed by atoms with van der Waals surface area (Å²) >= 11 is 0. The first-order valence-electron chi connectivity index (χ1n) is 6.96. The molecule has 1 aliphatic heterocycles. The van der Waals surface area contributed by atoms with E-state index in [1.165, 1.54) is 31.6 Å². The molecular formula is C15H24N2O. The topological polar surface area (TPSA) is 26.7 Å². The molecule has 1 aliphatic rings. The van der Waals surface area contributed by atoms with E-state index in [1.54, 1.807) is 12.1 Å². The third-order valence-corrected chi connectivity index (χ3v) is 3.87. The molecule has 1 N–H and O–H groups in total. The van der Waals surface area contributed by atoms with Crippen LogP contribution < -0.4 is 0 Å². The van der Waals surface area contributed by atoms with Gasteiger partial charge in [-0.05, 0) is 37.6 Å². The van der Waals surface area contributed by atoms with Crippen LogP contribution >= 0.6 is 0 Å². The molecule has 2 rings (SSSR count). The summed E-state index contributed by atoms with van der Waals surface area (Å²) < 4.78 is 0. The van der Waals surface area contributed by atoms with Crippen LogP contribution in [0, 0.1) is 0 Å². The van der Waals surface area contributed by atoms with Crippen LogP contribution in [0.15, 0.2) is 24.3 Å². The number of phenolic OH excluding ortho intramolecular Hbond substituents is 1. The normalized spacial score (nSPS) is 19.9. The third-order valence-electron chi connectivity index (χ3n) is 3.87. The summed E-state index contributed by atoms with van der Waals surface area (Å²) in [5.74, 6) is 0.346. The van der Waals surface area contributed by atoms with E-state index in [2.05, 4.69) is 23.6 Å². The lowest BCUT2D eigenvalue weighted by Gasteiger charge is -2.38. The molecule has 0 bridgehead atoms. The molecular weight excluding hydrogens is 224 g/mol. The van der Waals surface area contributed by atoms with Crippen molar-refractivity contribution in [1.82, 2.24) is 9.80 Å². The maximum Gasteiger partial charge on any atom is 0.115 e. The highest BCUT2D eigenvalue weighted by atomic mass is 16.3. The smallest absolute Gasteiger partial charge is 0.115 e. The zero-order chi connectivity index (χ0) is 13.0. The van der Waals surface area contributed by atoms with Gasteiger partial charge in [-0.3, -0.25) is 4.90 Å². The van der Waals surface area contributed by atoms with Crippen molar-refractivity contribution in [2.45, 2.75) is 26.3 Å². The summed E-state index contributed by atoms with van der Waals surface area (Å²) in [6.45, 7) is 10.4. The number of benzene rings is 1. The Bertz CT molecular complexity index is 355. The van der Waals surface area contributed by atoms with Crippen LogP contribution in [-0.2, 0) is 0 Å². The van der Waals surface area contributed by atoms with Crippen molar-refractivity contribution in [2.24, 2.45) is 0 Å². The van der Waals surface area contributed by atoms with Gasteiger partial charge in [-0.2, -0.15) is 0 Å². The molecule has 0 aromatic heterocycles. The first-order chi connectivity index (χ1) is 8.70. The average Bonchev–Trinajstić information content (AvgIpc) is 2.40. The van der Waals surface area contributed by atoms with E-state index in [9.17, 15) is 5.11 Å². The maximum atomic E-state index is 9.32. The molecule has 0 saturated carbocycles. The number of phenols is 1. The molecule has 1 aromatic rings. The van der Waals surface area contributed by atoms with Crippen LogP contribution in [-0.4, -0.2) is 47.6 Å². The lowest BCUT2D eigenvalue weighted by Crippen LogP contribution is -2.47. The Labute approximate surface area is 110 Å². The molecule has 3 heteroatoms. The zero-order valence-corrected chi connectivity index (χ0v) is 11.5. The SMILES string of the molecule is CCCN1CCN(C(C)c2ccc(O)cc2)CC1. The summed E-state index contributed by atoms with van der Waals surface area (Å²) in [6.07, 6.45) is 1.24. The van der Waals surface area contributed by atoms with E-state index in [0.717, 1.165) is 13.1 Å². The highest BCUT2D eigenvalue weighted by Gasteiger charge is 2.21. The molecule has 1 fully saturated rings. The Hall–Kier alpha value is -1.06. The number of rotatable bonds is 4. The summed E-state index contributed by atoms with van der Waals surface area (Å²) in [7, 11) is 0. The Morgan fingerprint density at radius 2 is 1.72 bits per heavy atom. The quantitative estimate of drug-likeness (QED) is 0.887. The standard InChI is InChI=1S/C15H24N2O/c1-3-8-16-9-11-17(12-10-16)13(2)14-4-6-15(18)7-5-14/h4-7,13,18H,3,8-12H2,1-2H3. The molecule has 1 heterocycles. The van der Waals surface area contributed by atoms with Gasteiger partial charge in [0.1, 0.15) is 5.75 Å². The molecule has 1 atom stereocenters.